The van der Waals surface area contributed by atoms with Gasteiger partial charge in [-0.05, 0) is 31.9 Å². The van der Waals surface area contributed by atoms with Gasteiger partial charge in [-0.1, -0.05) is 30.4 Å². The van der Waals surface area contributed by atoms with Crippen LogP contribution in [0.25, 0.3) is 0 Å². The second-order valence-electron chi connectivity index (χ2n) is 6.13. The normalized spacial score (nSPS) is 17.4. The Morgan fingerprint density at radius 2 is 2.12 bits per heavy atom. The first-order valence-corrected chi connectivity index (χ1v) is 10.0. The van der Waals surface area contributed by atoms with Crippen LogP contribution in [0.5, 0.6) is 0 Å². The molecule has 1 unspecified atom stereocenters. The highest BCUT2D eigenvalue weighted by Gasteiger charge is 2.23. The maximum absolute atomic E-state index is 12.8. The van der Waals surface area contributed by atoms with Crippen molar-refractivity contribution in [2.75, 3.05) is 11.4 Å². The van der Waals surface area contributed by atoms with Gasteiger partial charge < -0.3 is 9.47 Å². The Bertz CT molecular complexity index is 781. The summed E-state index contributed by atoms with van der Waals surface area (Å²) in [6.45, 7) is 5.52. The number of para-hydroxylation sites is 1. The lowest BCUT2D eigenvalue weighted by atomic mass is 10.2. The molecule has 4 nitrogen and oxygen atoms in total. The molecule has 0 spiro atoms. The van der Waals surface area contributed by atoms with Crippen molar-refractivity contribution in [2.24, 2.45) is 0 Å². The molecule has 0 saturated heterocycles. The summed E-state index contributed by atoms with van der Waals surface area (Å²) in [5.74, 6) is 0.151. The Hall–Kier alpha value is -1.53. The molecule has 6 heteroatoms. The van der Waals surface area contributed by atoms with E-state index in [1.807, 2.05) is 47.2 Å². The number of carbonyl (C=O) groups is 1. The fraction of sp³-hybridized carbons (Fsp3) is 0.444. The zero-order valence-corrected chi connectivity index (χ0v) is 15.7. The lowest BCUT2D eigenvalue weighted by Crippen LogP contribution is -2.32. The van der Waals surface area contributed by atoms with Crippen molar-refractivity contribution in [2.45, 2.75) is 49.8 Å². The van der Waals surface area contributed by atoms with Crippen LogP contribution in [0.4, 0.5) is 5.69 Å². The minimum atomic E-state index is 0.0605. The van der Waals surface area contributed by atoms with Crippen molar-refractivity contribution in [3.05, 3.63) is 45.0 Å². The summed E-state index contributed by atoms with van der Waals surface area (Å²) in [7, 11) is 0. The highest BCUT2D eigenvalue weighted by molar-refractivity contribution is 8.00. The van der Waals surface area contributed by atoms with Crippen molar-refractivity contribution in [1.82, 2.24) is 4.57 Å². The highest BCUT2D eigenvalue weighted by Crippen LogP contribution is 2.37. The van der Waals surface area contributed by atoms with E-state index in [0.29, 0.717) is 24.6 Å². The zero-order chi connectivity index (χ0) is 17.1. The van der Waals surface area contributed by atoms with Crippen LogP contribution in [0, 0.1) is 6.92 Å². The van der Waals surface area contributed by atoms with Crippen LogP contribution in [0.3, 0.4) is 0 Å². The average molecular weight is 363 g/mol. The number of thiazole rings is 1. The largest absolute Gasteiger partial charge is 0.311 e. The van der Waals surface area contributed by atoms with E-state index in [4.69, 9.17) is 0 Å². The van der Waals surface area contributed by atoms with E-state index in [1.54, 1.807) is 4.57 Å². The van der Waals surface area contributed by atoms with E-state index in [2.05, 4.69) is 13.0 Å². The molecule has 1 aromatic heterocycles. The minimum absolute atomic E-state index is 0.0605. The Labute approximate surface area is 150 Å². The Morgan fingerprint density at radius 1 is 1.33 bits per heavy atom. The van der Waals surface area contributed by atoms with E-state index >= 15 is 0 Å². The molecule has 3 rings (SSSR count). The first-order valence-electron chi connectivity index (χ1n) is 8.27. The van der Waals surface area contributed by atoms with Crippen molar-refractivity contribution in [1.29, 1.82) is 0 Å². The summed E-state index contributed by atoms with van der Waals surface area (Å²) in [4.78, 5) is 27.7. The van der Waals surface area contributed by atoms with Crippen molar-refractivity contribution < 1.29 is 4.79 Å². The maximum Gasteiger partial charge on any atom is 0.307 e. The van der Waals surface area contributed by atoms with Crippen LogP contribution < -0.4 is 9.77 Å². The first kappa shape index (κ1) is 17.3. The van der Waals surface area contributed by atoms with Gasteiger partial charge in [0.15, 0.2) is 0 Å². The van der Waals surface area contributed by atoms with E-state index in [-0.39, 0.29) is 10.8 Å². The Morgan fingerprint density at radius 3 is 2.88 bits per heavy atom. The molecule has 24 heavy (non-hydrogen) atoms. The lowest BCUT2D eigenvalue weighted by Gasteiger charge is -2.22. The molecule has 1 amide bonds. The number of aromatic nitrogens is 1. The van der Waals surface area contributed by atoms with Crippen LogP contribution in [0.1, 0.15) is 31.9 Å². The van der Waals surface area contributed by atoms with Crippen molar-refractivity contribution in [3.63, 3.8) is 0 Å². The van der Waals surface area contributed by atoms with Gasteiger partial charge in [0.2, 0.25) is 5.91 Å². The molecule has 1 aromatic carbocycles. The van der Waals surface area contributed by atoms with Gasteiger partial charge >= 0.3 is 4.87 Å². The summed E-state index contributed by atoms with van der Waals surface area (Å²) < 4.78 is 1.76. The molecule has 0 aliphatic carbocycles. The highest BCUT2D eigenvalue weighted by atomic mass is 32.2. The molecule has 0 N–H and O–H groups in total. The van der Waals surface area contributed by atoms with Crippen molar-refractivity contribution in [3.8, 4) is 0 Å². The molecule has 0 saturated carbocycles. The van der Waals surface area contributed by atoms with Gasteiger partial charge in [0.05, 0.1) is 5.69 Å². The van der Waals surface area contributed by atoms with Crippen LogP contribution in [-0.4, -0.2) is 22.3 Å². The first-order chi connectivity index (χ1) is 11.6. The van der Waals surface area contributed by atoms with Gasteiger partial charge in [-0.15, -0.1) is 11.8 Å². The third-order valence-electron chi connectivity index (χ3n) is 4.29. The molecular formula is C18H22N2O2S2. The third kappa shape index (κ3) is 3.75. The summed E-state index contributed by atoms with van der Waals surface area (Å²) in [5.41, 5.74) is 2.00. The topological polar surface area (TPSA) is 42.3 Å². The van der Waals surface area contributed by atoms with Gasteiger partial charge in [0, 0.05) is 40.7 Å². The Balaban J connectivity index is 1.67. The Kier molecular flexibility index (Phi) is 5.46. The number of carbonyl (C=O) groups excluding carboxylic acids is 1. The molecule has 0 fully saturated rings. The number of thioether (sulfide) groups is 1. The van der Waals surface area contributed by atoms with E-state index in [9.17, 15) is 9.59 Å². The number of aryl methyl sites for hydroxylation is 1. The van der Waals surface area contributed by atoms with Gasteiger partial charge in [0.1, 0.15) is 0 Å². The molecule has 1 atom stereocenters. The number of benzene rings is 1. The molecule has 2 aromatic rings. The molecule has 0 radical (unpaired) electrons. The van der Waals surface area contributed by atoms with E-state index in [0.717, 1.165) is 24.3 Å². The van der Waals surface area contributed by atoms with Gasteiger partial charge in [-0.25, -0.2) is 0 Å². The van der Waals surface area contributed by atoms with Crippen LogP contribution in [0.2, 0.25) is 0 Å². The maximum atomic E-state index is 12.8. The predicted molar refractivity (Wildman–Crippen MR) is 101 cm³/mol. The predicted octanol–water partition coefficient (Wildman–Crippen LogP) is 3.92. The smallest absolute Gasteiger partial charge is 0.307 e. The molecule has 1 aliphatic heterocycles. The number of nitrogens with zero attached hydrogens (tertiary/aromatic N) is 2. The molecular weight excluding hydrogens is 340 g/mol. The standard InChI is InChI=1S/C18H22N2O2S2/c1-13-12-23-18(22)19(13)10-5-8-17(21)20-11-9-14(2)24-16-7-4-3-6-15(16)20/h3-4,6-7,12,14H,5,8-11H2,1-2H3. The summed E-state index contributed by atoms with van der Waals surface area (Å²) in [5, 5.41) is 2.38. The minimum Gasteiger partial charge on any atom is -0.311 e. The number of fused-ring (bicyclic) bond motifs is 1. The van der Waals surface area contributed by atoms with Gasteiger partial charge in [-0.3, -0.25) is 9.59 Å². The van der Waals surface area contributed by atoms with Crippen LogP contribution >= 0.6 is 23.1 Å². The number of hydrogen-bond acceptors (Lipinski definition) is 4. The zero-order valence-electron chi connectivity index (χ0n) is 14.0. The number of anilines is 1. The SMILES string of the molecule is Cc1csc(=O)n1CCCC(=O)N1CCC(C)Sc2ccccc21. The molecule has 2 heterocycles. The monoisotopic (exact) mass is 362 g/mol. The van der Waals surface area contributed by atoms with Gasteiger partial charge in [0.25, 0.3) is 0 Å². The van der Waals surface area contributed by atoms with Crippen LogP contribution in [0.15, 0.2) is 39.3 Å². The fourth-order valence-electron chi connectivity index (χ4n) is 2.94. The summed E-state index contributed by atoms with van der Waals surface area (Å²) in [6, 6.07) is 8.14. The second-order valence-corrected chi connectivity index (χ2v) is 8.43. The quantitative estimate of drug-likeness (QED) is 0.828. The van der Waals surface area contributed by atoms with E-state index < -0.39 is 0 Å². The average Bonchev–Trinajstić information content (AvgIpc) is 2.79. The van der Waals surface area contributed by atoms with Crippen molar-refractivity contribution >= 4 is 34.7 Å². The summed E-state index contributed by atoms with van der Waals surface area (Å²) >= 11 is 3.06. The molecule has 128 valence electrons. The van der Waals surface area contributed by atoms with Gasteiger partial charge in [-0.2, -0.15) is 0 Å². The third-order valence-corrected chi connectivity index (χ3v) is 6.41. The number of rotatable bonds is 4. The molecule has 1 aliphatic rings. The number of amides is 1. The van der Waals surface area contributed by atoms with Crippen LogP contribution in [-0.2, 0) is 11.3 Å². The second kappa shape index (κ2) is 7.57. The molecule has 0 bridgehead atoms. The lowest BCUT2D eigenvalue weighted by molar-refractivity contribution is -0.118. The fourth-order valence-corrected chi connectivity index (χ4v) is 4.82. The summed E-state index contributed by atoms with van der Waals surface area (Å²) in [6.07, 6.45) is 2.15. The number of hydrogen-bond donors (Lipinski definition) is 0. The van der Waals surface area contributed by atoms with E-state index in [1.165, 1.54) is 16.2 Å².